The van der Waals surface area contributed by atoms with Gasteiger partial charge in [0.25, 0.3) is 0 Å². The molecule has 1 fully saturated rings. The monoisotopic (exact) mass is 507 g/mol. The molecule has 1 aliphatic carbocycles. The zero-order valence-electron chi connectivity index (χ0n) is 22.3. The Labute approximate surface area is 217 Å². The molecule has 3 aromatic rings. The van der Waals surface area contributed by atoms with Gasteiger partial charge in [-0.3, -0.25) is 4.98 Å². The second-order valence-electron chi connectivity index (χ2n) is 11.1. The summed E-state index contributed by atoms with van der Waals surface area (Å²) in [5.41, 5.74) is 5.28. The van der Waals surface area contributed by atoms with Crippen molar-refractivity contribution in [2.75, 3.05) is 6.61 Å². The van der Waals surface area contributed by atoms with Gasteiger partial charge < -0.3 is 14.2 Å². The number of pyridine rings is 1. The molecule has 0 atom stereocenters. The molecule has 7 heteroatoms. The minimum absolute atomic E-state index is 0.245. The first-order chi connectivity index (χ1) is 17.4. The van der Waals surface area contributed by atoms with E-state index in [9.17, 15) is 0 Å². The van der Waals surface area contributed by atoms with Gasteiger partial charge in [-0.15, -0.1) is 0 Å². The van der Waals surface area contributed by atoms with Gasteiger partial charge in [0.2, 0.25) is 0 Å². The molecular weight excluding hydrogens is 466 g/mol. The smallest absolute Gasteiger partial charge is 0.139 e. The molecule has 0 aliphatic heterocycles. The molecule has 0 radical (unpaired) electrons. The van der Waals surface area contributed by atoms with Crippen molar-refractivity contribution in [3.05, 3.63) is 71.7 Å². The molecule has 0 unspecified atom stereocenters. The van der Waals surface area contributed by atoms with E-state index < -0.39 is 8.07 Å². The molecule has 2 heterocycles. The largest absolute Gasteiger partial charge is 0.374 e. The molecule has 0 amide bonds. The Balaban J connectivity index is 1.27. The van der Waals surface area contributed by atoms with Gasteiger partial charge >= 0.3 is 0 Å². The third-order valence-electron chi connectivity index (χ3n) is 6.72. The van der Waals surface area contributed by atoms with Gasteiger partial charge in [0.15, 0.2) is 0 Å². The van der Waals surface area contributed by atoms with Crippen LogP contribution in [0.25, 0.3) is 11.3 Å². The second-order valence-corrected chi connectivity index (χ2v) is 16.7. The fraction of sp³-hybridized carbons (Fsp3) is 0.517. The van der Waals surface area contributed by atoms with Crippen molar-refractivity contribution >= 4 is 8.07 Å². The van der Waals surface area contributed by atoms with Gasteiger partial charge in [-0.2, -0.15) is 5.10 Å². The van der Waals surface area contributed by atoms with E-state index in [4.69, 9.17) is 19.3 Å². The SMILES string of the molecule is Cc1cn(COCC[Si](C)(C)C)nc1-c1cccnc1COC1CCC(OCc2ccccc2)CC1. The summed E-state index contributed by atoms with van der Waals surface area (Å²) in [6.45, 7) is 11.6. The molecule has 4 rings (SSSR count). The molecule has 0 saturated heterocycles. The van der Waals surface area contributed by atoms with Crippen molar-refractivity contribution in [3.8, 4) is 11.3 Å². The number of nitrogens with zero attached hydrogens (tertiary/aromatic N) is 3. The summed E-state index contributed by atoms with van der Waals surface area (Å²) in [6.07, 6.45) is 8.56. The number of hydrogen-bond donors (Lipinski definition) is 0. The Morgan fingerprint density at radius 3 is 2.31 bits per heavy atom. The van der Waals surface area contributed by atoms with E-state index in [0.717, 1.165) is 60.8 Å². The van der Waals surface area contributed by atoms with Crippen LogP contribution in [0.5, 0.6) is 0 Å². The Bertz CT molecular complexity index is 1070. The van der Waals surface area contributed by atoms with Crippen LogP contribution in [0.1, 0.15) is 42.5 Å². The first-order valence-corrected chi connectivity index (χ1v) is 16.9. The highest BCUT2D eigenvalue weighted by Crippen LogP contribution is 2.28. The van der Waals surface area contributed by atoms with Gasteiger partial charge in [-0.25, -0.2) is 4.68 Å². The van der Waals surface area contributed by atoms with Crippen molar-refractivity contribution in [1.29, 1.82) is 0 Å². The van der Waals surface area contributed by atoms with Crippen molar-refractivity contribution < 1.29 is 14.2 Å². The topological polar surface area (TPSA) is 58.4 Å². The molecule has 194 valence electrons. The predicted molar refractivity (Wildman–Crippen MR) is 146 cm³/mol. The molecule has 2 aromatic heterocycles. The van der Waals surface area contributed by atoms with E-state index in [0.29, 0.717) is 26.0 Å². The number of aromatic nitrogens is 3. The lowest BCUT2D eigenvalue weighted by atomic mass is 9.95. The molecule has 0 N–H and O–H groups in total. The van der Waals surface area contributed by atoms with Gasteiger partial charge in [-0.05, 0) is 61.9 Å². The van der Waals surface area contributed by atoms with Crippen molar-refractivity contribution in [3.63, 3.8) is 0 Å². The van der Waals surface area contributed by atoms with Crippen LogP contribution in [0.4, 0.5) is 0 Å². The molecule has 0 bridgehead atoms. The van der Waals surface area contributed by atoms with Crippen LogP contribution in [0.15, 0.2) is 54.9 Å². The molecule has 0 spiro atoms. The van der Waals surface area contributed by atoms with Crippen LogP contribution >= 0.6 is 0 Å². The van der Waals surface area contributed by atoms with Crippen LogP contribution in [-0.2, 0) is 34.2 Å². The maximum Gasteiger partial charge on any atom is 0.139 e. The van der Waals surface area contributed by atoms with E-state index in [2.05, 4.69) is 68.1 Å². The van der Waals surface area contributed by atoms with Gasteiger partial charge in [0, 0.05) is 32.6 Å². The van der Waals surface area contributed by atoms with Gasteiger partial charge in [-0.1, -0.05) is 50.0 Å². The fourth-order valence-electron chi connectivity index (χ4n) is 4.51. The Kier molecular flexibility index (Phi) is 9.48. The van der Waals surface area contributed by atoms with Gasteiger partial charge in [0.1, 0.15) is 6.73 Å². The number of hydrogen-bond acceptors (Lipinski definition) is 5. The number of benzene rings is 1. The van der Waals surface area contributed by atoms with Crippen molar-refractivity contribution in [1.82, 2.24) is 14.8 Å². The Morgan fingerprint density at radius 2 is 1.61 bits per heavy atom. The predicted octanol–water partition coefficient (Wildman–Crippen LogP) is 6.61. The first-order valence-electron chi connectivity index (χ1n) is 13.2. The van der Waals surface area contributed by atoms with Crippen LogP contribution < -0.4 is 0 Å². The number of rotatable bonds is 12. The number of ether oxygens (including phenoxy) is 3. The average Bonchev–Trinajstić information content (AvgIpc) is 3.25. The summed E-state index contributed by atoms with van der Waals surface area (Å²) in [5.74, 6) is 0. The van der Waals surface area contributed by atoms with Crippen LogP contribution in [0, 0.1) is 6.92 Å². The first kappa shape index (κ1) is 26.7. The lowest BCUT2D eigenvalue weighted by molar-refractivity contribution is -0.0425. The summed E-state index contributed by atoms with van der Waals surface area (Å²) in [4.78, 5) is 4.64. The molecule has 1 aliphatic rings. The molecular formula is C29H41N3O3Si. The quantitative estimate of drug-likeness (QED) is 0.204. The highest BCUT2D eigenvalue weighted by molar-refractivity contribution is 6.76. The standard InChI is InChI=1S/C29H41N3O3Si/c1-23-19-32(22-33-17-18-36(2,3)4)31-29(23)27-11-8-16-30-28(27)21-35-26-14-12-25(13-15-26)34-20-24-9-6-5-7-10-24/h5-11,16,19,25-26H,12-15,17-18,20-22H2,1-4H3. The summed E-state index contributed by atoms with van der Waals surface area (Å²) < 4.78 is 20.2. The molecule has 6 nitrogen and oxygen atoms in total. The highest BCUT2D eigenvalue weighted by Gasteiger charge is 2.23. The maximum atomic E-state index is 6.33. The summed E-state index contributed by atoms with van der Waals surface area (Å²) in [7, 11) is -1.09. The van der Waals surface area contributed by atoms with Crippen LogP contribution in [0.2, 0.25) is 25.7 Å². The zero-order valence-corrected chi connectivity index (χ0v) is 23.3. The minimum Gasteiger partial charge on any atom is -0.374 e. The lowest BCUT2D eigenvalue weighted by Crippen LogP contribution is -2.26. The van der Waals surface area contributed by atoms with E-state index >= 15 is 0 Å². The summed E-state index contributed by atoms with van der Waals surface area (Å²) in [5, 5.41) is 4.82. The normalized spacial score (nSPS) is 18.4. The van der Waals surface area contributed by atoms with E-state index in [1.165, 1.54) is 5.56 Å². The van der Waals surface area contributed by atoms with E-state index in [-0.39, 0.29) is 6.10 Å². The van der Waals surface area contributed by atoms with E-state index in [1.807, 2.05) is 23.0 Å². The van der Waals surface area contributed by atoms with E-state index in [1.54, 1.807) is 0 Å². The minimum atomic E-state index is -1.09. The third-order valence-corrected chi connectivity index (χ3v) is 8.42. The lowest BCUT2D eigenvalue weighted by Gasteiger charge is -2.28. The highest BCUT2D eigenvalue weighted by atomic mass is 28.3. The fourth-order valence-corrected chi connectivity index (χ4v) is 5.27. The molecule has 1 aromatic carbocycles. The Morgan fingerprint density at radius 1 is 0.917 bits per heavy atom. The number of aryl methyl sites for hydroxylation is 1. The summed E-state index contributed by atoms with van der Waals surface area (Å²) >= 11 is 0. The average molecular weight is 508 g/mol. The Hall–Kier alpha value is -2.32. The van der Waals surface area contributed by atoms with Crippen LogP contribution in [0.3, 0.4) is 0 Å². The second kappa shape index (κ2) is 12.8. The maximum absolute atomic E-state index is 6.33. The van der Waals surface area contributed by atoms with Crippen LogP contribution in [-0.4, -0.2) is 41.7 Å². The molecule has 36 heavy (non-hydrogen) atoms. The third kappa shape index (κ3) is 8.10. The summed E-state index contributed by atoms with van der Waals surface area (Å²) in [6, 6.07) is 15.6. The van der Waals surface area contributed by atoms with Crippen molar-refractivity contribution in [2.45, 2.75) is 90.4 Å². The molecule has 1 saturated carbocycles. The zero-order chi connectivity index (χ0) is 25.4. The van der Waals surface area contributed by atoms with Crippen molar-refractivity contribution in [2.24, 2.45) is 0 Å². The van der Waals surface area contributed by atoms with Gasteiger partial charge in [0.05, 0.1) is 36.8 Å².